The number of nitrogens with zero attached hydrogens (tertiary/aromatic N) is 2. The van der Waals surface area contributed by atoms with Crippen molar-refractivity contribution in [3.05, 3.63) is 29.8 Å². The summed E-state index contributed by atoms with van der Waals surface area (Å²) in [7, 11) is 0. The highest BCUT2D eigenvalue weighted by atomic mass is 16.5. The summed E-state index contributed by atoms with van der Waals surface area (Å²) in [5.41, 5.74) is 1.37. The van der Waals surface area contributed by atoms with Crippen molar-refractivity contribution in [1.82, 2.24) is 4.90 Å². The number of carbonyl (C=O) groups excluding carboxylic acids is 2. The van der Waals surface area contributed by atoms with Gasteiger partial charge in [-0.25, -0.2) is 4.79 Å². The maximum absolute atomic E-state index is 12.4. The van der Waals surface area contributed by atoms with Crippen molar-refractivity contribution in [2.45, 2.75) is 32.2 Å². The summed E-state index contributed by atoms with van der Waals surface area (Å²) in [6, 6.07) is 7.70. The maximum atomic E-state index is 12.4. The SMILES string of the molecule is CCOC(=O)c1ccc(N2CCN(C3CCC3)CC2=O)cc1. The zero-order valence-corrected chi connectivity index (χ0v) is 13.0. The summed E-state index contributed by atoms with van der Waals surface area (Å²) in [6.07, 6.45) is 3.73. The highest BCUT2D eigenvalue weighted by molar-refractivity contribution is 5.96. The van der Waals surface area contributed by atoms with Crippen LogP contribution in [0.1, 0.15) is 36.5 Å². The van der Waals surface area contributed by atoms with Gasteiger partial charge in [0.1, 0.15) is 0 Å². The number of rotatable bonds is 4. The number of esters is 1. The molecule has 0 bridgehead atoms. The van der Waals surface area contributed by atoms with E-state index in [0.29, 0.717) is 31.3 Å². The third kappa shape index (κ3) is 2.99. The average molecular weight is 302 g/mol. The van der Waals surface area contributed by atoms with Gasteiger partial charge in [-0.05, 0) is 44.0 Å². The number of hydrogen-bond acceptors (Lipinski definition) is 4. The quantitative estimate of drug-likeness (QED) is 0.799. The Labute approximate surface area is 130 Å². The number of benzene rings is 1. The van der Waals surface area contributed by atoms with Gasteiger partial charge in [0.05, 0.1) is 18.7 Å². The standard InChI is InChI=1S/C17H22N2O3/c1-2-22-17(21)13-6-8-15(9-7-13)19-11-10-18(12-16(19)20)14-4-3-5-14/h6-9,14H,2-5,10-12H2,1H3. The monoisotopic (exact) mass is 302 g/mol. The van der Waals surface area contributed by atoms with Crippen molar-refractivity contribution in [1.29, 1.82) is 0 Å². The van der Waals surface area contributed by atoms with Gasteiger partial charge in [-0.1, -0.05) is 6.42 Å². The van der Waals surface area contributed by atoms with Crippen LogP contribution in [0, 0.1) is 0 Å². The lowest BCUT2D eigenvalue weighted by molar-refractivity contribution is -0.122. The van der Waals surface area contributed by atoms with Crippen molar-refractivity contribution in [3.63, 3.8) is 0 Å². The van der Waals surface area contributed by atoms with Gasteiger partial charge in [0.25, 0.3) is 0 Å². The third-order valence-corrected chi connectivity index (χ3v) is 4.53. The Balaban J connectivity index is 1.64. The minimum atomic E-state index is -0.324. The van der Waals surface area contributed by atoms with Crippen LogP contribution in [0.3, 0.4) is 0 Å². The van der Waals surface area contributed by atoms with Crippen LogP contribution in [0.15, 0.2) is 24.3 Å². The van der Waals surface area contributed by atoms with Gasteiger partial charge in [-0.2, -0.15) is 0 Å². The molecule has 0 aromatic heterocycles. The highest BCUT2D eigenvalue weighted by Gasteiger charge is 2.32. The number of piperazine rings is 1. The third-order valence-electron chi connectivity index (χ3n) is 4.53. The lowest BCUT2D eigenvalue weighted by Crippen LogP contribution is -2.55. The fourth-order valence-corrected chi connectivity index (χ4v) is 3.02. The average Bonchev–Trinajstić information content (AvgIpc) is 2.46. The molecule has 5 nitrogen and oxygen atoms in total. The van der Waals surface area contributed by atoms with Gasteiger partial charge >= 0.3 is 5.97 Å². The van der Waals surface area contributed by atoms with E-state index in [4.69, 9.17) is 4.74 Å². The van der Waals surface area contributed by atoms with Crippen LogP contribution in [0.25, 0.3) is 0 Å². The molecular formula is C17H22N2O3. The minimum Gasteiger partial charge on any atom is -0.462 e. The van der Waals surface area contributed by atoms with Crippen molar-refractivity contribution in [2.75, 3.05) is 31.1 Å². The molecule has 1 aliphatic carbocycles. The lowest BCUT2D eigenvalue weighted by Gasteiger charge is -2.42. The van der Waals surface area contributed by atoms with Crippen LogP contribution in [0.5, 0.6) is 0 Å². The molecule has 3 rings (SSSR count). The Morgan fingerprint density at radius 2 is 1.95 bits per heavy atom. The molecule has 0 spiro atoms. The smallest absolute Gasteiger partial charge is 0.338 e. The molecule has 1 aliphatic heterocycles. The molecule has 0 atom stereocenters. The highest BCUT2D eigenvalue weighted by Crippen LogP contribution is 2.27. The molecule has 2 aliphatic rings. The van der Waals surface area contributed by atoms with Crippen LogP contribution < -0.4 is 4.90 Å². The van der Waals surface area contributed by atoms with Gasteiger partial charge in [-0.3, -0.25) is 9.69 Å². The molecule has 1 aromatic carbocycles. The van der Waals surface area contributed by atoms with Crippen LogP contribution >= 0.6 is 0 Å². The van der Waals surface area contributed by atoms with Crippen LogP contribution in [0.4, 0.5) is 5.69 Å². The van der Waals surface area contributed by atoms with Crippen LogP contribution in [0.2, 0.25) is 0 Å². The lowest BCUT2D eigenvalue weighted by atomic mass is 9.91. The first-order valence-electron chi connectivity index (χ1n) is 8.00. The van der Waals surface area contributed by atoms with E-state index in [1.165, 1.54) is 19.3 Å². The van der Waals surface area contributed by atoms with Crippen molar-refractivity contribution in [2.24, 2.45) is 0 Å². The van der Waals surface area contributed by atoms with Gasteiger partial charge in [-0.15, -0.1) is 0 Å². The van der Waals surface area contributed by atoms with Gasteiger partial charge < -0.3 is 9.64 Å². The summed E-state index contributed by atoms with van der Waals surface area (Å²) < 4.78 is 4.97. The Bertz CT molecular complexity index is 552. The van der Waals surface area contributed by atoms with Crippen molar-refractivity contribution >= 4 is 17.6 Å². The predicted octanol–water partition coefficient (Wildman–Crippen LogP) is 2.06. The Hall–Kier alpha value is -1.88. The molecule has 1 aromatic rings. The molecule has 118 valence electrons. The topological polar surface area (TPSA) is 49.9 Å². The van der Waals surface area contributed by atoms with E-state index >= 15 is 0 Å². The first-order valence-corrected chi connectivity index (χ1v) is 8.00. The molecular weight excluding hydrogens is 280 g/mol. The number of carbonyl (C=O) groups is 2. The number of anilines is 1. The van der Waals surface area contributed by atoms with Gasteiger partial charge in [0.2, 0.25) is 5.91 Å². The molecule has 0 N–H and O–H groups in total. The van der Waals surface area contributed by atoms with E-state index in [9.17, 15) is 9.59 Å². The summed E-state index contributed by atoms with van der Waals surface area (Å²) >= 11 is 0. The minimum absolute atomic E-state index is 0.141. The second kappa shape index (κ2) is 6.48. The molecule has 0 unspecified atom stereocenters. The first-order chi connectivity index (χ1) is 10.7. The Morgan fingerprint density at radius 3 is 2.50 bits per heavy atom. The van der Waals surface area contributed by atoms with E-state index in [2.05, 4.69) is 4.90 Å². The molecule has 1 saturated heterocycles. The molecule has 1 saturated carbocycles. The summed E-state index contributed by atoms with van der Waals surface area (Å²) in [5, 5.41) is 0. The maximum Gasteiger partial charge on any atom is 0.338 e. The fraction of sp³-hybridized carbons (Fsp3) is 0.529. The first kappa shape index (κ1) is 15.0. The number of amides is 1. The molecule has 1 amide bonds. The second-order valence-corrected chi connectivity index (χ2v) is 5.87. The summed E-state index contributed by atoms with van der Waals surface area (Å²) in [6.45, 7) is 4.29. The largest absolute Gasteiger partial charge is 0.462 e. The number of ether oxygens (including phenoxy) is 1. The predicted molar refractivity (Wildman–Crippen MR) is 84.0 cm³/mol. The Morgan fingerprint density at radius 1 is 1.23 bits per heavy atom. The summed E-state index contributed by atoms with van der Waals surface area (Å²) in [5.74, 6) is -0.183. The molecule has 5 heteroatoms. The van der Waals surface area contributed by atoms with Crippen molar-refractivity contribution < 1.29 is 14.3 Å². The van der Waals surface area contributed by atoms with E-state index in [0.717, 1.165) is 12.2 Å². The Kier molecular flexibility index (Phi) is 4.43. The second-order valence-electron chi connectivity index (χ2n) is 5.87. The van der Waals surface area contributed by atoms with Crippen LogP contribution in [-0.2, 0) is 9.53 Å². The zero-order valence-electron chi connectivity index (χ0n) is 13.0. The van der Waals surface area contributed by atoms with E-state index in [1.807, 2.05) is 17.0 Å². The van der Waals surface area contributed by atoms with E-state index in [-0.39, 0.29) is 11.9 Å². The normalized spacial score (nSPS) is 19.9. The number of hydrogen-bond donors (Lipinski definition) is 0. The fourth-order valence-electron chi connectivity index (χ4n) is 3.02. The zero-order chi connectivity index (χ0) is 15.5. The van der Waals surface area contributed by atoms with Gasteiger partial charge in [0.15, 0.2) is 0 Å². The summed E-state index contributed by atoms with van der Waals surface area (Å²) in [4.78, 5) is 28.1. The molecule has 1 heterocycles. The molecule has 0 radical (unpaired) electrons. The van der Waals surface area contributed by atoms with Crippen molar-refractivity contribution in [3.8, 4) is 0 Å². The van der Waals surface area contributed by atoms with E-state index < -0.39 is 0 Å². The van der Waals surface area contributed by atoms with Crippen LogP contribution in [-0.4, -0.2) is 49.1 Å². The van der Waals surface area contributed by atoms with Gasteiger partial charge in [0, 0.05) is 24.8 Å². The van der Waals surface area contributed by atoms with E-state index in [1.54, 1.807) is 19.1 Å². The molecule has 2 fully saturated rings. The molecule has 22 heavy (non-hydrogen) atoms.